The average Bonchev–Trinajstić information content (AvgIpc) is 3.41. The van der Waals surface area contributed by atoms with Crippen molar-refractivity contribution in [2.45, 2.75) is 70.3 Å². The van der Waals surface area contributed by atoms with Gasteiger partial charge in [-0.1, -0.05) is 19.1 Å². The SMILES string of the molecule is CCn1nnc2cnc(N3CC(C)(C)c4c3ncnc4N3C[C@@H](C)N(C(=O)C4CCS4(=O)=O)C[C@@H]3C)cc21. The molecule has 0 N–H and O–H groups in total. The van der Waals surface area contributed by atoms with Crippen molar-refractivity contribution < 1.29 is 13.2 Å². The molecular weight excluding hydrogens is 506 g/mol. The smallest absolute Gasteiger partial charge is 0.241 e. The summed E-state index contributed by atoms with van der Waals surface area (Å²) in [5.74, 6) is 2.29. The standard InChI is InChI=1S/C25H33N9O3S/c1-6-34-18-9-20(26-10-17(18)29-30-34)33-13-25(4,5)21-22(27-14-28-23(21)33)31-11-16(3)32(12-15(31)2)24(35)19-7-8-38(19,36)37/h9-10,14-16,19H,6-8,11-13H2,1-5H3/t15-,16+,19?/m0/s1. The Bertz CT molecular complexity index is 1540. The van der Waals surface area contributed by atoms with Crippen molar-refractivity contribution in [2.24, 2.45) is 0 Å². The summed E-state index contributed by atoms with van der Waals surface area (Å²) >= 11 is 0. The van der Waals surface area contributed by atoms with E-state index in [1.165, 1.54) is 0 Å². The van der Waals surface area contributed by atoms with Crippen LogP contribution in [-0.4, -0.2) is 91.9 Å². The molecule has 0 radical (unpaired) electrons. The third kappa shape index (κ3) is 3.73. The van der Waals surface area contributed by atoms with Crippen LogP contribution in [0.5, 0.6) is 0 Å². The second-order valence-corrected chi connectivity index (χ2v) is 13.6. The second-order valence-electron chi connectivity index (χ2n) is 11.3. The summed E-state index contributed by atoms with van der Waals surface area (Å²) in [6.45, 7) is 12.8. The van der Waals surface area contributed by atoms with Crippen LogP contribution in [0.2, 0.25) is 0 Å². The first-order chi connectivity index (χ1) is 18.0. The van der Waals surface area contributed by atoms with Crippen molar-refractivity contribution >= 4 is 44.2 Å². The van der Waals surface area contributed by atoms with Crippen molar-refractivity contribution in [3.05, 3.63) is 24.2 Å². The predicted octanol–water partition coefficient (Wildman–Crippen LogP) is 1.68. The van der Waals surface area contributed by atoms with Crippen LogP contribution < -0.4 is 9.80 Å². The van der Waals surface area contributed by atoms with Gasteiger partial charge in [0, 0.05) is 55.3 Å². The van der Waals surface area contributed by atoms with Gasteiger partial charge in [-0.15, -0.1) is 5.10 Å². The Balaban J connectivity index is 1.33. The third-order valence-electron chi connectivity index (χ3n) is 8.17. The lowest BCUT2D eigenvalue weighted by atomic mass is 9.87. The number of rotatable bonds is 4. The van der Waals surface area contributed by atoms with Crippen molar-refractivity contribution in [1.82, 2.24) is 34.8 Å². The molecule has 38 heavy (non-hydrogen) atoms. The molecule has 1 amide bonds. The molecule has 2 fully saturated rings. The van der Waals surface area contributed by atoms with Gasteiger partial charge in [0.2, 0.25) is 5.91 Å². The Morgan fingerprint density at radius 3 is 2.55 bits per heavy atom. The molecule has 1 unspecified atom stereocenters. The number of aromatic nitrogens is 6. The third-order valence-corrected chi connectivity index (χ3v) is 10.3. The number of nitrogens with zero attached hydrogens (tertiary/aromatic N) is 9. The molecule has 6 heterocycles. The Hall–Kier alpha value is -3.35. The molecule has 2 saturated heterocycles. The zero-order valence-electron chi connectivity index (χ0n) is 22.4. The van der Waals surface area contributed by atoms with Crippen LogP contribution in [0.25, 0.3) is 11.0 Å². The maximum Gasteiger partial charge on any atom is 0.241 e. The van der Waals surface area contributed by atoms with E-state index in [2.05, 4.69) is 45.9 Å². The average molecular weight is 540 g/mol. The first kappa shape index (κ1) is 25.0. The highest BCUT2D eigenvalue weighted by Gasteiger charge is 2.47. The van der Waals surface area contributed by atoms with Gasteiger partial charge in [-0.25, -0.2) is 28.1 Å². The maximum atomic E-state index is 13.1. The molecule has 13 heteroatoms. The highest BCUT2D eigenvalue weighted by molar-refractivity contribution is 7.94. The van der Waals surface area contributed by atoms with Crippen molar-refractivity contribution in [2.75, 3.05) is 35.2 Å². The van der Waals surface area contributed by atoms with E-state index < -0.39 is 15.1 Å². The van der Waals surface area contributed by atoms with Gasteiger partial charge in [0.1, 0.15) is 34.5 Å². The highest BCUT2D eigenvalue weighted by atomic mass is 32.2. The van der Waals surface area contributed by atoms with Crippen molar-refractivity contribution in [1.29, 1.82) is 0 Å². The van der Waals surface area contributed by atoms with Gasteiger partial charge in [0.15, 0.2) is 9.84 Å². The number of fused-ring (bicyclic) bond motifs is 2. The largest absolute Gasteiger partial charge is 0.350 e. The summed E-state index contributed by atoms with van der Waals surface area (Å²) in [6.07, 6.45) is 3.76. The molecule has 202 valence electrons. The number of hydrogen-bond donors (Lipinski definition) is 0. The summed E-state index contributed by atoms with van der Waals surface area (Å²) in [7, 11) is -3.29. The zero-order chi connectivity index (χ0) is 27.0. The molecule has 12 nitrogen and oxygen atoms in total. The molecule has 3 aliphatic heterocycles. The summed E-state index contributed by atoms with van der Waals surface area (Å²) in [5, 5.41) is 7.53. The van der Waals surface area contributed by atoms with E-state index in [1.54, 1.807) is 17.4 Å². The Kier molecular flexibility index (Phi) is 5.64. The van der Waals surface area contributed by atoms with Gasteiger partial charge in [-0.3, -0.25) is 4.79 Å². The predicted molar refractivity (Wildman–Crippen MR) is 143 cm³/mol. The quantitative estimate of drug-likeness (QED) is 0.483. The molecule has 3 aliphatic rings. The number of amides is 1. The number of hydrogen-bond acceptors (Lipinski definition) is 10. The van der Waals surface area contributed by atoms with E-state index in [4.69, 9.17) is 9.97 Å². The van der Waals surface area contributed by atoms with E-state index in [0.717, 1.165) is 34.1 Å². The number of carbonyl (C=O) groups is 1. The topological polar surface area (TPSA) is 130 Å². The monoisotopic (exact) mass is 539 g/mol. The Morgan fingerprint density at radius 1 is 1.11 bits per heavy atom. The first-order valence-electron chi connectivity index (χ1n) is 13.1. The fourth-order valence-corrected chi connectivity index (χ4v) is 7.29. The lowest BCUT2D eigenvalue weighted by Gasteiger charge is -2.47. The minimum atomic E-state index is -3.29. The minimum Gasteiger partial charge on any atom is -0.350 e. The van der Waals surface area contributed by atoms with Crippen LogP contribution >= 0.6 is 0 Å². The van der Waals surface area contributed by atoms with Crippen LogP contribution in [0.15, 0.2) is 18.6 Å². The number of anilines is 3. The molecule has 0 aliphatic carbocycles. The normalized spacial score (nSPS) is 25.9. The second kappa shape index (κ2) is 8.58. The molecule has 0 saturated carbocycles. The first-order valence-corrected chi connectivity index (χ1v) is 14.8. The van der Waals surface area contributed by atoms with Gasteiger partial charge in [0.05, 0.1) is 17.5 Å². The van der Waals surface area contributed by atoms with Crippen LogP contribution in [-0.2, 0) is 26.6 Å². The zero-order valence-corrected chi connectivity index (χ0v) is 23.2. The van der Waals surface area contributed by atoms with E-state index in [0.29, 0.717) is 32.6 Å². The maximum absolute atomic E-state index is 13.1. The van der Waals surface area contributed by atoms with E-state index >= 15 is 0 Å². The summed E-state index contributed by atoms with van der Waals surface area (Å²) < 4.78 is 26.1. The Morgan fingerprint density at radius 2 is 1.87 bits per heavy atom. The molecule has 0 aromatic carbocycles. The molecular formula is C25H33N9O3S. The molecule has 3 atom stereocenters. The van der Waals surface area contributed by atoms with Crippen LogP contribution in [0, 0.1) is 0 Å². The highest BCUT2D eigenvalue weighted by Crippen LogP contribution is 2.47. The van der Waals surface area contributed by atoms with E-state index in [1.807, 2.05) is 24.6 Å². The minimum absolute atomic E-state index is 0.0405. The molecule has 0 spiro atoms. The van der Waals surface area contributed by atoms with Gasteiger partial charge in [-0.2, -0.15) is 0 Å². The molecule has 6 rings (SSSR count). The summed E-state index contributed by atoms with van der Waals surface area (Å²) in [6, 6.07) is 1.82. The number of carbonyl (C=O) groups excluding carboxylic acids is 1. The van der Waals surface area contributed by atoms with Crippen molar-refractivity contribution in [3.8, 4) is 0 Å². The van der Waals surface area contributed by atoms with Gasteiger partial charge >= 0.3 is 0 Å². The molecule has 3 aromatic rings. The molecule has 3 aromatic heterocycles. The van der Waals surface area contributed by atoms with Gasteiger partial charge in [0.25, 0.3) is 0 Å². The lowest BCUT2D eigenvalue weighted by molar-refractivity contribution is -0.134. The van der Waals surface area contributed by atoms with Gasteiger partial charge < -0.3 is 14.7 Å². The summed E-state index contributed by atoms with van der Waals surface area (Å²) in [4.78, 5) is 33.3. The van der Waals surface area contributed by atoms with Crippen LogP contribution in [0.4, 0.5) is 17.5 Å². The number of piperazine rings is 1. The number of pyridine rings is 1. The van der Waals surface area contributed by atoms with E-state index in [9.17, 15) is 13.2 Å². The Labute approximate surface area is 222 Å². The molecule has 0 bridgehead atoms. The number of aryl methyl sites for hydroxylation is 1. The van der Waals surface area contributed by atoms with Crippen LogP contribution in [0.1, 0.15) is 46.6 Å². The van der Waals surface area contributed by atoms with E-state index in [-0.39, 0.29) is 29.2 Å². The fraction of sp³-hybridized carbons (Fsp3) is 0.600. The van der Waals surface area contributed by atoms with Crippen molar-refractivity contribution in [3.63, 3.8) is 0 Å². The van der Waals surface area contributed by atoms with Crippen LogP contribution in [0.3, 0.4) is 0 Å². The number of sulfone groups is 1. The van der Waals surface area contributed by atoms with Gasteiger partial charge in [-0.05, 0) is 27.2 Å². The lowest BCUT2D eigenvalue weighted by Crippen LogP contribution is -2.62. The fourth-order valence-electron chi connectivity index (χ4n) is 5.99. The summed E-state index contributed by atoms with van der Waals surface area (Å²) in [5.41, 5.74) is 2.46.